The van der Waals surface area contributed by atoms with Gasteiger partial charge < -0.3 is 20.8 Å². The van der Waals surface area contributed by atoms with Crippen LogP contribution in [-0.2, 0) is 22.7 Å². The Morgan fingerprint density at radius 1 is 1.26 bits per heavy atom. The predicted molar refractivity (Wildman–Crippen MR) is 84.0 cm³/mol. The minimum Gasteiger partial charge on any atom is -0.448 e. The quantitative estimate of drug-likeness (QED) is 0.586. The third-order valence-corrected chi connectivity index (χ3v) is 3.46. The molecule has 1 aromatic carbocycles. The average Bonchev–Trinajstić information content (AvgIpc) is 2.87. The number of nitrogen functional groups attached to an aromatic ring is 1. The summed E-state index contributed by atoms with van der Waals surface area (Å²) in [6.45, 7) is 0.513. The van der Waals surface area contributed by atoms with Crippen LogP contribution in [0, 0.1) is 0 Å². The summed E-state index contributed by atoms with van der Waals surface area (Å²) in [5.74, 6) is 6.04. The number of aromatic nitrogens is 3. The van der Waals surface area contributed by atoms with Gasteiger partial charge >= 0.3 is 6.09 Å². The van der Waals surface area contributed by atoms with Crippen LogP contribution in [-0.4, -0.2) is 27.2 Å². The zero-order valence-corrected chi connectivity index (χ0v) is 12.2. The second kappa shape index (κ2) is 6.07. The van der Waals surface area contributed by atoms with Crippen LogP contribution in [0.25, 0.3) is 21.9 Å². The van der Waals surface area contributed by atoms with Gasteiger partial charge in [0.1, 0.15) is 24.6 Å². The van der Waals surface area contributed by atoms with Crippen molar-refractivity contribution in [3.05, 3.63) is 30.1 Å². The van der Waals surface area contributed by atoms with Crippen LogP contribution >= 0.6 is 0 Å². The fourth-order valence-corrected chi connectivity index (χ4v) is 2.57. The topological polar surface area (TPSA) is 144 Å². The molecule has 3 rings (SSSR count). The highest BCUT2D eigenvalue weighted by molar-refractivity contribution is 6.06. The number of anilines is 1. The van der Waals surface area contributed by atoms with Crippen molar-refractivity contribution in [2.45, 2.75) is 13.2 Å². The predicted octanol–water partition coefficient (Wildman–Crippen LogP) is 0.652. The summed E-state index contributed by atoms with van der Waals surface area (Å²) in [6, 6.07) is 7.56. The molecule has 0 saturated carbocycles. The Bertz CT molecular complexity index is 876. The van der Waals surface area contributed by atoms with Gasteiger partial charge in [-0.15, -0.1) is 0 Å². The lowest BCUT2D eigenvalue weighted by atomic mass is 10.2. The lowest BCUT2D eigenvalue weighted by Crippen LogP contribution is -2.18. The van der Waals surface area contributed by atoms with E-state index in [1.807, 2.05) is 28.8 Å². The summed E-state index contributed by atoms with van der Waals surface area (Å²) in [4.78, 5) is 24.3. The Labute approximate surface area is 130 Å². The molecule has 9 nitrogen and oxygen atoms in total. The molecule has 0 aliphatic heterocycles. The minimum absolute atomic E-state index is 0.0824. The number of nitrogens with zero attached hydrogens (tertiary/aromatic N) is 3. The molecule has 0 bridgehead atoms. The Kier molecular flexibility index (Phi) is 3.96. The first kappa shape index (κ1) is 15.0. The fraction of sp³-hybridized carbons (Fsp3) is 0.214. The fourth-order valence-electron chi connectivity index (χ4n) is 2.57. The number of carbonyl (C=O) groups is 1. The molecule has 6 N–H and O–H groups in total. The van der Waals surface area contributed by atoms with Crippen molar-refractivity contribution < 1.29 is 14.4 Å². The maximum absolute atomic E-state index is 10.8. The number of pyridine rings is 1. The molecule has 0 radical (unpaired) electrons. The number of imidazole rings is 1. The Hall–Kier alpha value is -2.91. The van der Waals surface area contributed by atoms with Crippen molar-refractivity contribution in [3.63, 3.8) is 0 Å². The third-order valence-electron chi connectivity index (χ3n) is 3.46. The number of para-hydroxylation sites is 1. The van der Waals surface area contributed by atoms with E-state index in [4.69, 9.17) is 26.9 Å². The molecule has 0 aliphatic rings. The van der Waals surface area contributed by atoms with Crippen molar-refractivity contribution in [2.75, 3.05) is 12.3 Å². The van der Waals surface area contributed by atoms with E-state index in [9.17, 15) is 4.79 Å². The third kappa shape index (κ3) is 2.74. The van der Waals surface area contributed by atoms with Gasteiger partial charge in [0.2, 0.25) is 0 Å². The van der Waals surface area contributed by atoms with Crippen molar-refractivity contribution in [1.82, 2.24) is 14.5 Å². The van der Waals surface area contributed by atoms with E-state index in [0.717, 1.165) is 16.4 Å². The van der Waals surface area contributed by atoms with E-state index in [0.29, 0.717) is 23.7 Å². The number of nitrogens with two attached hydrogens (primary N) is 3. The largest absolute Gasteiger partial charge is 0.448 e. The molecular formula is C14H16N6O3. The Morgan fingerprint density at radius 3 is 2.78 bits per heavy atom. The summed E-state index contributed by atoms with van der Waals surface area (Å²) in [5.41, 5.74) is 13.1. The molecule has 2 aromatic heterocycles. The number of ether oxygens (including phenoxy) is 1. The Morgan fingerprint density at radius 2 is 2.04 bits per heavy atom. The number of amides is 1. The van der Waals surface area contributed by atoms with E-state index in [2.05, 4.69) is 9.97 Å². The van der Waals surface area contributed by atoms with Crippen LogP contribution in [0.15, 0.2) is 24.3 Å². The average molecular weight is 316 g/mol. The van der Waals surface area contributed by atoms with E-state index in [1.165, 1.54) is 0 Å². The smallest absolute Gasteiger partial charge is 0.404 e. The van der Waals surface area contributed by atoms with Gasteiger partial charge in [-0.2, -0.15) is 0 Å². The molecular weight excluding hydrogens is 300 g/mol. The summed E-state index contributed by atoms with van der Waals surface area (Å²) >= 11 is 0. The van der Waals surface area contributed by atoms with Crippen molar-refractivity contribution >= 4 is 33.8 Å². The molecule has 9 heteroatoms. The first-order valence-electron chi connectivity index (χ1n) is 6.89. The highest BCUT2D eigenvalue weighted by atomic mass is 16.6. The monoisotopic (exact) mass is 316 g/mol. The molecule has 0 unspecified atom stereocenters. The lowest BCUT2D eigenvalue weighted by Gasteiger charge is -2.10. The molecule has 3 aromatic rings. The first-order chi connectivity index (χ1) is 11.1. The first-order valence-corrected chi connectivity index (χ1v) is 6.89. The van der Waals surface area contributed by atoms with Gasteiger partial charge in [-0.3, -0.25) is 4.84 Å². The van der Waals surface area contributed by atoms with Gasteiger partial charge in [0.25, 0.3) is 0 Å². The maximum Gasteiger partial charge on any atom is 0.404 e. The van der Waals surface area contributed by atoms with E-state index < -0.39 is 6.09 Å². The summed E-state index contributed by atoms with van der Waals surface area (Å²) < 4.78 is 6.65. The normalized spacial score (nSPS) is 11.2. The van der Waals surface area contributed by atoms with E-state index >= 15 is 0 Å². The van der Waals surface area contributed by atoms with Crippen LogP contribution in [0.4, 0.5) is 10.6 Å². The summed E-state index contributed by atoms with van der Waals surface area (Å²) in [5, 5.41) is 0.881. The molecule has 1 amide bonds. The molecule has 0 atom stereocenters. The van der Waals surface area contributed by atoms with E-state index in [-0.39, 0.29) is 13.2 Å². The minimum atomic E-state index is -0.836. The number of primary amides is 1. The van der Waals surface area contributed by atoms with Crippen LogP contribution in [0.5, 0.6) is 0 Å². The molecule has 0 aliphatic carbocycles. The molecule has 23 heavy (non-hydrogen) atoms. The van der Waals surface area contributed by atoms with Crippen molar-refractivity contribution in [2.24, 2.45) is 11.6 Å². The van der Waals surface area contributed by atoms with Crippen LogP contribution in [0.2, 0.25) is 0 Å². The Balaban J connectivity index is 2.20. The standard InChI is InChI=1S/C14H16N6O3/c15-13-11-12(8-3-1-2-4-9(8)18-13)20(5-6-22-14(16)21)10(19-11)7-23-17/h1-4H,5-7,17H2,(H2,15,18)(H2,16,21). The van der Waals surface area contributed by atoms with Gasteiger partial charge in [-0.1, -0.05) is 18.2 Å². The highest BCUT2D eigenvalue weighted by Gasteiger charge is 2.17. The van der Waals surface area contributed by atoms with Gasteiger partial charge in [0.05, 0.1) is 17.6 Å². The van der Waals surface area contributed by atoms with Crippen LogP contribution < -0.4 is 17.4 Å². The number of benzene rings is 1. The number of fused-ring (bicyclic) bond motifs is 3. The second-order valence-electron chi connectivity index (χ2n) is 4.87. The SMILES string of the molecule is NOCc1nc2c(N)nc3ccccc3c2n1CCOC(N)=O. The van der Waals surface area contributed by atoms with E-state index in [1.54, 1.807) is 0 Å². The number of rotatable bonds is 5. The van der Waals surface area contributed by atoms with Gasteiger partial charge in [-0.25, -0.2) is 20.7 Å². The molecule has 120 valence electrons. The summed E-state index contributed by atoms with van der Waals surface area (Å²) in [6.07, 6.45) is -0.836. The number of carbonyl (C=O) groups excluding carboxylic acids is 1. The molecule has 0 saturated heterocycles. The summed E-state index contributed by atoms with van der Waals surface area (Å²) in [7, 11) is 0. The van der Waals surface area contributed by atoms with Crippen molar-refractivity contribution in [1.29, 1.82) is 0 Å². The van der Waals surface area contributed by atoms with Gasteiger partial charge in [-0.05, 0) is 6.07 Å². The number of hydrogen-bond donors (Lipinski definition) is 3. The molecule has 2 heterocycles. The zero-order valence-electron chi connectivity index (χ0n) is 12.2. The highest BCUT2D eigenvalue weighted by Crippen LogP contribution is 2.28. The lowest BCUT2D eigenvalue weighted by molar-refractivity contribution is 0.114. The number of hydrogen-bond acceptors (Lipinski definition) is 7. The van der Waals surface area contributed by atoms with Crippen LogP contribution in [0.3, 0.4) is 0 Å². The van der Waals surface area contributed by atoms with Gasteiger partial charge in [0.15, 0.2) is 5.82 Å². The van der Waals surface area contributed by atoms with Crippen LogP contribution in [0.1, 0.15) is 5.82 Å². The molecule has 0 spiro atoms. The second-order valence-corrected chi connectivity index (χ2v) is 4.87. The zero-order chi connectivity index (χ0) is 16.4. The van der Waals surface area contributed by atoms with Crippen molar-refractivity contribution in [3.8, 4) is 0 Å². The van der Waals surface area contributed by atoms with Gasteiger partial charge in [0, 0.05) is 5.39 Å². The molecule has 0 fully saturated rings. The maximum atomic E-state index is 10.8.